The summed E-state index contributed by atoms with van der Waals surface area (Å²) < 4.78 is 6.38. The van der Waals surface area contributed by atoms with Crippen LogP contribution in [0.5, 0.6) is 5.75 Å². The molecule has 130 valence electrons. The number of carbonyl (C=O) groups excluding carboxylic acids is 2. The monoisotopic (exact) mass is 402 g/mol. The Morgan fingerprint density at radius 3 is 2.88 bits per heavy atom. The number of rotatable bonds is 5. The van der Waals surface area contributed by atoms with Gasteiger partial charge in [-0.3, -0.25) is 9.59 Å². The molecule has 1 aliphatic heterocycles. The number of carbonyl (C=O) groups is 2. The summed E-state index contributed by atoms with van der Waals surface area (Å²) in [5, 5.41) is 2.97. The molecule has 0 aliphatic carbocycles. The lowest BCUT2D eigenvalue weighted by Crippen LogP contribution is -2.41. The average molecular weight is 403 g/mol. The molecule has 2 amide bonds. The zero-order chi connectivity index (χ0) is 17.8. The Balaban J connectivity index is 1.60. The van der Waals surface area contributed by atoms with Gasteiger partial charge < -0.3 is 15.0 Å². The van der Waals surface area contributed by atoms with Crippen molar-refractivity contribution in [3.63, 3.8) is 0 Å². The molecule has 25 heavy (non-hydrogen) atoms. The third-order valence-electron chi connectivity index (χ3n) is 4.10. The SMILES string of the molecule is C[C@H](NC(=O)CCN1C(=O)COc2ccccc21)c1cccc(Br)c1. The van der Waals surface area contributed by atoms with Crippen molar-refractivity contribution in [3.05, 3.63) is 58.6 Å². The quantitative estimate of drug-likeness (QED) is 0.832. The molecule has 2 aromatic rings. The highest BCUT2D eigenvalue weighted by Crippen LogP contribution is 2.31. The molecule has 0 saturated heterocycles. The van der Waals surface area contributed by atoms with Crippen molar-refractivity contribution in [1.29, 1.82) is 0 Å². The smallest absolute Gasteiger partial charge is 0.265 e. The van der Waals surface area contributed by atoms with E-state index in [4.69, 9.17) is 4.74 Å². The molecule has 1 N–H and O–H groups in total. The number of ether oxygens (including phenoxy) is 1. The van der Waals surface area contributed by atoms with Crippen LogP contribution in [-0.4, -0.2) is 25.0 Å². The number of nitrogens with zero attached hydrogens (tertiary/aromatic N) is 1. The van der Waals surface area contributed by atoms with Crippen LogP contribution in [0.2, 0.25) is 0 Å². The lowest BCUT2D eigenvalue weighted by Gasteiger charge is -2.29. The second-order valence-electron chi connectivity index (χ2n) is 5.90. The van der Waals surface area contributed by atoms with Gasteiger partial charge >= 0.3 is 0 Å². The highest BCUT2D eigenvalue weighted by atomic mass is 79.9. The first-order chi connectivity index (χ1) is 12.0. The zero-order valence-electron chi connectivity index (χ0n) is 13.9. The molecule has 0 radical (unpaired) electrons. The maximum atomic E-state index is 12.3. The van der Waals surface area contributed by atoms with Crippen LogP contribution < -0.4 is 15.0 Å². The lowest BCUT2D eigenvalue weighted by atomic mass is 10.1. The van der Waals surface area contributed by atoms with Gasteiger partial charge in [0.2, 0.25) is 5.91 Å². The van der Waals surface area contributed by atoms with Gasteiger partial charge in [-0.25, -0.2) is 0 Å². The van der Waals surface area contributed by atoms with E-state index in [1.165, 1.54) is 0 Å². The van der Waals surface area contributed by atoms with Crippen LogP contribution >= 0.6 is 15.9 Å². The number of hydrogen-bond acceptors (Lipinski definition) is 3. The fraction of sp³-hybridized carbons (Fsp3) is 0.263. The Kier molecular flexibility index (Phi) is 5.38. The van der Waals surface area contributed by atoms with Crippen LogP contribution in [0.25, 0.3) is 0 Å². The van der Waals surface area contributed by atoms with E-state index >= 15 is 0 Å². The Morgan fingerprint density at radius 1 is 1.28 bits per heavy atom. The van der Waals surface area contributed by atoms with Crippen LogP contribution in [0.3, 0.4) is 0 Å². The first-order valence-electron chi connectivity index (χ1n) is 8.11. The molecule has 3 rings (SSSR count). The number of hydrogen-bond donors (Lipinski definition) is 1. The second kappa shape index (κ2) is 7.70. The number of anilines is 1. The minimum atomic E-state index is -0.133. The van der Waals surface area contributed by atoms with Crippen molar-refractivity contribution < 1.29 is 14.3 Å². The minimum absolute atomic E-state index is 0.00702. The van der Waals surface area contributed by atoms with Gasteiger partial charge in [0.1, 0.15) is 5.75 Å². The summed E-state index contributed by atoms with van der Waals surface area (Å²) in [4.78, 5) is 26.0. The van der Waals surface area contributed by atoms with Crippen molar-refractivity contribution in [2.75, 3.05) is 18.1 Å². The van der Waals surface area contributed by atoms with E-state index in [9.17, 15) is 9.59 Å². The predicted octanol–water partition coefficient (Wildman–Crippen LogP) is 3.44. The number of fused-ring (bicyclic) bond motifs is 1. The molecule has 0 aromatic heterocycles. The van der Waals surface area contributed by atoms with Crippen LogP contribution in [-0.2, 0) is 9.59 Å². The number of nitrogens with one attached hydrogen (secondary N) is 1. The van der Waals surface area contributed by atoms with Crippen LogP contribution in [0.4, 0.5) is 5.69 Å². The third kappa shape index (κ3) is 4.20. The molecule has 0 unspecified atom stereocenters. The van der Waals surface area contributed by atoms with Crippen molar-refractivity contribution in [2.24, 2.45) is 0 Å². The van der Waals surface area contributed by atoms with E-state index < -0.39 is 0 Å². The summed E-state index contributed by atoms with van der Waals surface area (Å²) in [5.74, 6) is 0.445. The number of para-hydroxylation sites is 2. The van der Waals surface area contributed by atoms with Crippen molar-refractivity contribution in [1.82, 2.24) is 5.32 Å². The number of amides is 2. The summed E-state index contributed by atoms with van der Waals surface area (Å²) >= 11 is 3.43. The zero-order valence-corrected chi connectivity index (χ0v) is 15.5. The Morgan fingerprint density at radius 2 is 2.08 bits per heavy atom. The standard InChI is InChI=1S/C19H19BrN2O3/c1-13(14-5-4-6-15(20)11-14)21-18(23)9-10-22-16-7-2-3-8-17(16)25-12-19(22)24/h2-8,11,13H,9-10,12H2,1H3,(H,21,23)/t13-/m0/s1. The van der Waals surface area contributed by atoms with Gasteiger partial charge in [-0.05, 0) is 36.8 Å². The molecule has 5 nitrogen and oxygen atoms in total. The molecular formula is C19H19BrN2O3. The summed E-state index contributed by atoms with van der Waals surface area (Å²) in [7, 11) is 0. The molecule has 0 bridgehead atoms. The maximum Gasteiger partial charge on any atom is 0.265 e. The summed E-state index contributed by atoms with van der Waals surface area (Å²) in [6.45, 7) is 2.28. The van der Waals surface area contributed by atoms with Gasteiger partial charge in [0.15, 0.2) is 6.61 Å². The molecule has 0 spiro atoms. The maximum absolute atomic E-state index is 12.3. The van der Waals surface area contributed by atoms with Gasteiger partial charge in [0, 0.05) is 17.4 Å². The molecule has 1 aliphatic rings. The second-order valence-corrected chi connectivity index (χ2v) is 6.81. The third-order valence-corrected chi connectivity index (χ3v) is 4.59. The predicted molar refractivity (Wildman–Crippen MR) is 99.6 cm³/mol. The molecular weight excluding hydrogens is 384 g/mol. The summed E-state index contributed by atoms with van der Waals surface area (Å²) in [5.41, 5.74) is 1.74. The fourth-order valence-corrected chi connectivity index (χ4v) is 3.20. The minimum Gasteiger partial charge on any atom is -0.482 e. The Hall–Kier alpha value is -2.34. The average Bonchev–Trinajstić information content (AvgIpc) is 2.61. The van der Waals surface area contributed by atoms with Crippen LogP contribution in [0, 0.1) is 0 Å². The van der Waals surface area contributed by atoms with E-state index in [0.717, 1.165) is 10.0 Å². The highest BCUT2D eigenvalue weighted by Gasteiger charge is 2.25. The number of benzene rings is 2. The van der Waals surface area contributed by atoms with Crippen molar-refractivity contribution in [2.45, 2.75) is 19.4 Å². The van der Waals surface area contributed by atoms with Gasteiger partial charge in [-0.1, -0.05) is 40.2 Å². The van der Waals surface area contributed by atoms with E-state index in [2.05, 4.69) is 21.2 Å². The normalized spacial score (nSPS) is 14.5. The van der Waals surface area contributed by atoms with Crippen molar-refractivity contribution in [3.8, 4) is 5.75 Å². The van der Waals surface area contributed by atoms with E-state index in [-0.39, 0.29) is 30.9 Å². The van der Waals surface area contributed by atoms with Gasteiger partial charge in [0.05, 0.1) is 11.7 Å². The highest BCUT2D eigenvalue weighted by molar-refractivity contribution is 9.10. The lowest BCUT2D eigenvalue weighted by molar-refractivity contribution is -0.122. The van der Waals surface area contributed by atoms with E-state index in [1.807, 2.05) is 55.5 Å². The molecule has 1 atom stereocenters. The first-order valence-corrected chi connectivity index (χ1v) is 8.91. The van der Waals surface area contributed by atoms with E-state index in [1.54, 1.807) is 4.90 Å². The fourth-order valence-electron chi connectivity index (χ4n) is 2.79. The molecule has 0 saturated carbocycles. The molecule has 2 aromatic carbocycles. The molecule has 0 fully saturated rings. The Labute approximate surface area is 155 Å². The molecule has 1 heterocycles. The van der Waals surface area contributed by atoms with Crippen LogP contribution in [0.1, 0.15) is 24.9 Å². The summed E-state index contributed by atoms with van der Waals surface area (Å²) in [6.07, 6.45) is 0.235. The van der Waals surface area contributed by atoms with E-state index in [0.29, 0.717) is 18.0 Å². The first kappa shape index (κ1) is 17.5. The van der Waals surface area contributed by atoms with Gasteiger partial charge in [0.25, 0.3) is 5.91 Å². The van der Waals surface area contributed by atoms with Crippen LogP contribution in [0.15, 0.2) is 53.0 Å². The largest absolute Gasteiger partial charge is 0.482 e. The van der Waals surface area contributed by atoms with Crippen molar-refractivity contribution >= 4 is 33.4 Å². The van der Waals surface area contributed by atoms with Gasteiger partial charge in [-0.2, -0.15) is 0 Å². The Bertz CT molecular complexity index is 794. The molecule has 6 heteroatoms. The number of halogens is 1. The summed E-state index contributed by atoms with van der Waals surface area (Å²) in [6, 6.07) is 15.1. The topological polar surface area (TPSA) is 58.6 Å². The van der Waals surface area contributed by atoms with Gasteiger partial charge in [-0.15, -0.1) is 0 Å².